The van der Waals surface area contributed by atoms with Gasteiger partial charge in [-0.25, -0.2) is 4.98 Å². The van der Waals surface area contributed by atoms with E-state index in [1.807, 2.05) is 36.4 Å². The summed E-state index contributed by atoms with van der Waals surface area (Å²) in [7, 11) is 0. The molecule has 0 bridgehead atoms. The Morgan fingerprint density at radius 1 is 1.31 bits per heavy atom. The molecule has 0 unspecified atom stereocenters. The Hall–Kier alpha value is -3.97. The highest BCUT2D eigenvalue weighted by atomic mass is 32.2. The second-order valence-electron chi connectivity index (χ2n) is 5.72. The fourth-order valence-electron chi connectivity index (χ4n) is 2.39. The van der Waals surface area contributed by atoms with Gasteiger partial charge in [0.2, 0.25) is 0 Å². The number of hydrogen-bond donors (Lipinski definition) is 2. The fourth-order valence-corrected chi connectivity index (χ4v) is 3.17. The van der Waals surface area contributed by atoms with Crippen molar-refractivity contribution in [3.05, 3.63) is 81.7 Å². The molecule has 0 saturated carbocycles. The maximum atomic E-state index is 12.3. The number of aromatic amines is 1. The lowest BCUT2D eigenvalue weighted by molar-refractivity contribution is -0.387. The molecule has 0 fully saturated rings. The summed E-state index contributed by atoms with van der Waals surface area (Å²) < 4.78 is 0. The molecule has 0 spiro atoms. The fraction of sp³-hybridized carbons (Fsp3) is 0.0526. The maximum Gasteiger partial charge on any atom is 0.283 e. The number of carbonyl (C=O) groups is 1. The number of nitrogens with zero attached hydrogens (tertiary/aromatic N) is 4. The van der Waals surface area contributed by atoms with E-state index in [2.05, 4.69) is 20.5 Å². The Kier molecular flexibility index (Phi) is 6.34. The Labute approximate surface area is 169 Å². The van der Waals surface area contributed by atoms with Gasteiger partial charge in [-0.15, -0.1) is 0 Å². The number of aromatic nitrogens is 3. The van der Waals surface area contributed by atoms with Crippen LogP contribution < -0.4 is 5.32 Å². The Morgan fingerprint density at radius 2 is 2.10 bits per heavy atom. The predicted molar refractivity (Wildman–Crippen MR) is 105 cm³/mol. The van der Waals surface area contributed by atoms with Crippen molar-refractivity contribution in [2.24, 2.45) is 0 Å². The molecule has 1 heterocycles. The van der Waals surface area contributed by atoms with Crippen molar-refractivity contribution >= 4 is 29.4 Å². The van der Waals surface area contributed by atoms with Gasteiger partial charge in [-0.1, -0.05) is 36.4 Å². The number of benzene rings is 2. The molecule has 0 atom stereocenters. The number of hydrogen-bond acceptors (Lipinski definition) is 7. The van der Waals surface area contributed by atoms with E-state index in [9.17, 15) is 20.2 Å². The van der Waals surface area contributed by atoms with Crippen LogP contribution in [0.3, 0.4) is 0 Å². The topological polar surface area (TPSA) is 138 Å². The molecule has 0 saturated heterocycles. The van der Waals surface area contributed by atoms with Gasteiger partial charge in [0, 0.05) is 12.6 Å². The molecule has 9 nitrogen and oxygen atoms in total. The number of nitro groups is 1. The Morgan fingerprint density at radius 3 is 2.76 bits per heavy atom. The minimum atomic E-state index is -0.556. The lowest BCUT2D eigenvalue weighted by Crippen LogP contribution is -2.23. The van der Waals surface area contributed by atoms with Gasteiger partial charge in [-0.3, -0.25) is 20.0 Å². The van der Waals surface area contributed by atoms with Crippen molar-refractivity contribution in [2.45, 2.75) is 16.6 Å². The van der Waals surface area contributed by atoms with Crippen LogP contribution in [0.15, 0.2) is 70.5 Å². The second kappa shape index (κ2) is 9.29. The van der Waals surface area contributed by atoms with Gasteiger partial charge in [-0.05, 0) is 35.0 Å². The summed E-state index contributed by atoms with van der Waals surface area (Å²) in [4.78, 5) is 27.5. The smallest absolute Gasteiger partial charge is 0.283 e. The molecule has 0 aliphatic carbocycles. The number of amides is 1. The van der Waals surface area contributed by atoms with E-state index in [1.165, 1.54) is 24.5 Å². The summed E-state index contributed by atoms with van der Waals surface area (Å²) in [6, 6.07) is 15.5. The maximum absolute atomic E-state index is 12.3. The molecule has 0 aliphatic rings. The number of nitriles is 1. The first kappa shape index (κ1) is 19.8. The monoisotopic (exact) mass is 406 g/mol. The minimum Gasteiger partial charge on any atom is -0.347 e. The summed E-state index contributed by atoms with van der Waals surface area (Å²) in [5, 5.41) is 30.2. The zero-order chi connectivity index (χ0) is 20.6. The molecule has 3 rings (SSSR count). The lowest BCUT2D eigenvalue weighted by Gasteiger charge is -2.05. The molecule has 2 aromatic carbocycles. The largest absolute Gasteiger partial charge is 0.347 e. The van der Waals surface area contributed by atoms with Gasteiger partial charge in [0.25, 0.3) is 11.6 Å². The van der Waals surface area contributed by atoms with Crippen LogP contribution in [0.25, 0.3) is 6.08 Å². The van der Waals surface area contributed by atoms with E-state index in [0.29, 0.717) is 15.6 Å². The molecule has 1 aromatic heterocycles. The normalized spacial score (nSPS) is 10.9. The summed E-state index contributed by atoms with van der Waals surface area (Å²) in [5.74, 6) is -0.556. The molecular formula is C19H14N6O3S. The molecule has 0 aliphatic heterocycles. The lowest BCUT2D eigenvalue weighted by atomic mass is 10.1. The first-order chi connectivity index (χ1) is 14.1. The SMILES string of the molecule is N#CC(=Cc1ccc(Sc2ncn[nH]2)c([N+](=O)[O-])c1)C(=O)NCc1ccccc1. The van der Waals surface area contributed by atoms with E-state index < -0.39 is 10.8 Å². The van der Waals surface area contributed by atoms with Crippen LogP contribution in [0.2, 0.25) is 0 Å². The standard InChI is InChI=1S/C19H14N6O3S/c20-10-15(18(26)21-11-13-4-2-1-3-5-13)8-14-6-7-17(16(9-14)25(27)28)29-19-22-12-23-24-19/h1-9,12H,11H2,(H,21,26)(H,22,23,24). The number of rotatable bonds is 7. The van der Waals surface area contributed by atoms with Gasteiger partial charge in [0.15, 0.2) is 5.16 Å². The zero-order valence-corrected chi connectivity index (χ0v) is 15.7. The summed E-state index contributed by atoms with van der Waals surface area (Å²) in [5.41, 5.74) is 0.945. The van der Waals surface area contributed by atoms with Crippen LogP contribution >= 0.6 is 11.8 Å². The van der Waals surface area contributed by atoms with Gasteiger partial charge in [0.1, 0.15) is 18.0 Å². The highest BCUT2D eigenvalue weighted by Crippen LogP contribution is 2.33. The molecule has 3 aromatic rings. The molecule has 144 valence electrons. The third-order valence-electron chi connectivity index (χ3n) is 3.75. The van der Waals surface area contributed by atoms with Crippen LogP contribution in [0, 0.1) is 21.4 Å². The predicted octanol–water partition coefficient (Wildman–Crippen LogP) is 3.09. The molecular weight excluding hydrogens is 392 g/mol. The van der Waals surface area contributed by atoms with Crippen LogP contribution in [0.5, 0.6) is 0 Å². The molecule has 0 radical (unpaired) electrons. The third kappa shape index (κ3) is 5.27. The van der Waals surface area contributed by atoms with E-state index in [1.54, 1.807) is 6.07 Å². The average molecular weight is 406 g/mol. The van der Waals surface area contributed by atoms with Crippen LogP contribution in [0.1, 0.15) is 11.1 Å². The molecule has 29 heavy (non-hydrogen) atoms. The van der Waals surface area contributed by atoms with Crippen molar-refractivity contribution in [1.29, 1.82) is 5.26 Å². The van der Waals surface area contributed by atoms with Crippen molar-refractivity contribution in [1.82, 2.24) is 20.5 Å². The summed E-state index contributed by atoms with van der Waals surface area (Å²) in [6.07, 6.45) is 2.62. The number of carbonyl (C=O) groups excluding carboxylic acids is 1. The van der Waals surface area contributed by atoms with E-state index in [-0.39, 0.29) is 17.8 Å². The third-order valence-corrected chi connectivity index (χ3v) is 4.71. The Bertz CT molecular complexity index is 1090. The first-order valence-electron chi connectivity index (χ1n) is 8.32. The van der Waals surface area contributed by atoms with Gasteiger partial charge in [-0.2, -0.15) is 10.4 Å². The summed E-state index contributed by atoms with van der Waals surface area (Å²) >= 11 is 1.06. The van der Waals surface area contributed by atoms with Crippen LogP contribution in [-0.4, -0.2) is 26.0 Å². The molecule has 10 heteroatoms. The van der Waals surface area contributed by atoms with Gasteiger partial charge in [0.05, 0.1) is 9.82 Å². The highest BCUT2D eigenvalue weighted by Gasteiger charge is 2.17. The second-order valence-corrected chi connectivity index (χ2v) is 6.75. The highest BCUT2D eigenvalue weighted by molar-refractivity contribution is 7.99. The van der Waals surface area contributed by atoms with Crippen molar-refractivity contribution < 1.29 is 9.72 Å². The van der Waals surface area contributed by atoms with E-state index in [0.717, 1.165) is 17.3 Å². The van der Waals surface area contributed by atoms with Crippen molar-refractivity contribution in [3.8, 4) is 6.07 Å². The molecule has 1 amide bonds. The van der Waals surface area contributed by atoms with Crippen molar-refractivity contribution in [2.75, 3.05) is 0 Å². The minimum absolute atomic E-state index is 0.147. The summed E-state index contributed by atoms with van der Waals surface area (Å²) in [6.45, 7) is 0.269. The zero-order valence-electron chi connectivity index (χ0n) is 14.9. The molecule has 2 N–H and O–H groups in total. The van der Waals surface area contributed by atoms with Gasteiger partial charge >= 0.3 is 0 Å². The van der Waals surface area contributed by atoms with Crippen LogP contribution in [-0.2, 0) is 11.3 Å². The van der Waals surface area contributed by atoms with E-state index in [4.69, 9.17) is 0 Å². The number of nitrogens with one attached hydrogen (secondary N) is 2. The van der Waals surface area contributed by atoms with Crippen LogP contribution in [0.4, 0.5) is 5.69 Å². The number of H-pyrrole nitrogens is 1. The first-order valence-corrected chi connectivity index (χ1v) is 9.14. The van der Waals surface area contributed by atoms with Crippen molar-refractivity contribution in [3.63, 3.8) is 0 Å². The average Bonchev–Trinajstić information content (AvgIpc) is 3.25. The quantitative estimate of drug-likeness (QED) is 0.266. The number of nitro benzene ring substituents is 1. The Balaban J connectivity index is 1.79. The van der Waals surface area contributed by atoms with Gasteiger partial charge < -0.3 is 5.32 Å². The van der Waals surface area contributed by atoms with E-state index >= 15 is 0 Å².